The third kappa shape index (κ3) is 5.11. The summed E-state index contributed by atoms with van der Waals surface area (Å²) in [5.41, 5.74) is -0.653. The Bertz CT molecular complexity index is 543. The first kappa shape index (κ1) is 20.5. The van der Waals surface area contributed by atoms with Crippen molar-refractivity contribution in [3.05, 3.63) is 0 Å². The second-order valence-corrected chi connectivity index (χ2v) is 8.50. The van der Waals surface area contributed by atoms with Crippen molar-refractivity contribution in [3.63, 3.8) is 0 Å². The molecule has 0 aromatic rings. The predicted molar refractivity (Wildman–Crippen MR) is 96.7 cm³/mol. The molecule has 2 heterocycles. The summed E-state index contributed by atoms with van der Waals surface area (Å²) in [5.74, 6) is -0.818. The Morgan fingerprint density at radius 2 is 1.92 bits per heavy atom. The van der Waals surface area contributed by atoms with E-state index in [2.05, 4.69) is 12.2 Å². The number of carbonyl (C=O) groups is 3. The van der Waals surface area contributed by atoms with Gasteiger partial charge < -0.3 is 20.1 Å². The third-order valence-corrected chi connectivity index (χ3v) is 5.20. The summed E-state index contributed by atoms with van der Waals surface area (Å²) in [7, 11) is 0. The van der Waals surface area contributed by atoms with Crippen molar-refractivity contribution >= 4 is 18.0 Å². The van der Waals surface area contributed by atoms with Crippen LogP contribution < -0.4 is 5.32 Å². The summed E-state index contributed by atoms with van der Waals surface area (Å²) < 4.78 is 5.28. The lowest BCUT2D eigenvalue weighted by molar-refractivity contribution is -0.151. The highest BCUT2D eigenvalue weighted by atomic mass is 16.6. The van der Waals surface area contributed by atoms with Crippen LogP contribution in [0, 0.1) is 5.92 Å². The molecule has 2 amide bonds. The number of rotatable bonds is 4. The first-order chi connectivity index (χ1) is 12.1. The van der Waals surface area contributed by atoms with E-state index >= 15 is 0 Å². The molecule has 2 fully saturated rings. The number of carboxylic acids is 1. The van der Waals surface area contributed by atoms with Crippen LogP contribution in [-0.2, 0) is 14.3 Å². The average molecular weight is 368 g/mol. The molecule has 4 atom stereocenters. The average Bonchev–Trinajstić information content (AvgIpc) is 2.91. The Morgan fingerprint density at radius 1 is 1.23 bits per heavy atom. The van der Waals surface area contributed by atoms with Gasteiger partial charge in [-0.05, 0) is 58.8 Å². The molecule has 0 aromatic heterocycles. The monoisotopic (exact) mass is 368 g/mol. The fourth-order valence-corrected chi connectivity index (χ4v) is 4.15. The lowest BCUT2D eigenvalue weighted by atomic mass is 9.86. The van der Waals surface area contributed by atoms with Crippen LogP contribution in [0.25, 0.3) is 0 Å². The molecule has 2 aliphatic heterocycles. The number of nitrogens with zero attached hydrogens (tertiary/aromatic N) is 1. The predicted octanol–water partition coefficient (Wildman–Crippen LogP) is 2.92. The van der Waals surface area contributed by atoms with Gasteiger partial charge in [0.2, 0.25) is 5.91 Å². The molecule has 2 saturated heterocycles. The molecule has 0 aromatic carbocycles. The highest BCUT2D eigenvalue weighted by molar-refractivity contribution is 5.90. The van der Waals surface area contributed by atoms with Crippen LogP contribution in [0.2, 0.25) is 0 Å². The van der Waals surface area contributed by atoms with Gasteiger partial charge in [-0.3, -0.25) is 4.79 Å². The van der Waals surface area contributed by atoms with E-state index in [9.17, 15) is 19.5 Å². The Labute approximate surface area is 155 Å². The van der Waals surface area contributed by atoms with Crippen LogP contribution in [0.1, 0.15) is 72.6 Å². The molecule has 26 heavy (non-hydrogen) atoms. The largest absolute Gasteiger partial charge is 0.480 e. The van der Waals surface area contributed by atoms with Crippen molar-refractivity contribution in [2.75, 3.05) is 0 Å². The molecule has 148 valence electrons. The minimum absolute atomic E-state index is 0.0524. The first-order valence-corrected chi connectivity index (χ1v) is 9.67. The molecular weight excluding hydrogens is 336 g/mol. The molecule has 2 aliphatic rings. The number of amides is 2. The zero-order valence-corrected chi connectivity index (χ0v) is 16.3. The summed E-state index contributed by atoms with van der Waals surface area (Å²) in [4.78, 5) is 38.4. The molecule has 0 aliphatic carbocycles. The molecular formula is C19H32N2O5. The first-order valence-electron chi connectivity index (χ1n) is 9.67. The number of hydrogen-bond donors (Lipinski definition) is 2. The lowest BCUT2D eigenvalue weighted by Crippen LogP contribution is -2.56. The van der Waals surface area contributed by atoms with E-state index in [0.29, 0.717) is 25.2 Å². The maximum Gasteiger partial charge on any atom is 0.408 e. The zero-order valence-electron chi connectivity index (χ0n) is 16.3. The second kappa shape index (κ2) is 8.27. The topological polar surface area (TPSA) is 95.9 Å². The van der Waals surface area contributed by atoms with Crippen molar-refractivity contribution in [2.24, 2.45) is 5.92 Å². The lowest BCUT2D eigenvalue weighted by Gasteiger charge is -2.37. The van der Waals surface area contributed by atoms with Gasteiger partial charge in [0.1, 0.15) is 17.7 Å². The number of alkyl carbamates (subject to hydrolysis) is 1. The van der Waals surface area contributed by atoms with Crippen molar-refractivity contribution in [1.82, 2.24) is 10.2 Å². The van der Waals surface area contributed by atoms with Gasteiger partial charge in [-0.2, -0.15) is 0 Å². The number of fused-ring (bicyclic) bond motifs is 1. The van der Waals surface area contributed by atoms with Gasteiger partial charge in [0.25, 0.3) is 0 Å². The molecule has 7 heteroatoms. The smallest absolute Gasteiger partial charge is 0.408 e. The molecule has 0 saturated carbocycles. The van der Waals surface area contributed by atoms with Crippen LogP contribution in [0.5, 0.6) is 0 Å². The number of ether oxygens (including phenoxy) is 1. The van der Waals surface area contributed by atoms with Crippen LogP contribution >= 0.6 is 0 Å². The van der Waals surface area contributed by atoms with Crippen molar-refractivity contribution in [2.45, 2.75) is 96.4 Å². The van der Waals surface area contributed by atoms with E-state index in [0.717, 1.165) is 25.7 Å². The second-order valence-electron chi connectivity index (χ2n) is 8.50. The van der Waals surface area contributed by atoms with E-state index in [1.165, 1.54) is 4.90 Å². The zero-order chi connectivity index (χ0) is 19.5. The molecule has 2 rings (SSSR count). The molecule has 0 bridgehead atoms. The number of aliphatic carboxylic acids is 1. The third-order valence-electron chi connectivity index (χ3n) is 5.20. The Hall–Kier alpha value is -1.79. The molecule has 7 nitrogen and oxygen atoms in total. The quantitative estimate of drug-likeness (QED) is 0.795. The number of carbonyl (C=O) groups excluding carboxylic acids is 2. The fourth-order valence-electron chi connectivity index (χ4n) is 4.15. The van der Waals surface area contributed by atoms with Gasteiger partial charge in [-0.15, -0.1) is 0 Å². The number of carboxylic acid groups (broad SMARTS) is 1. The molecule has 0 spiro atoms. The van der Waals surface area contributed by atoms with Gasteiger partial charge in [0, 0.05) is 6.04 Å². The Morgan fingerprint density at radius 3 is 2.50 bits per heavy atom. The van der Waals surface area contributed by atoms with Crippen LogP contribution in [0.3, 0.4) is 0 Å². The molecule has 2 N–H and O–H groups in total. The van der Waals surface area contributed by atoms with E-state index in [1.807, 2.05) is 0 Å². The van der Waals surface area contributed by atoms with E-state index < -0.39 is 29.7 Å². The van der Waals surface area contributed by atoms with Gasteiger partial charge >= 0.3 is 12.1 Å². The van der Waals surface area contributed by atoms with E-state index in [4.69, 9.17) is 4.74 Å². The van der Waals surface area contributed by atoms with Crippen molar-refractivity contribution in [1.29, 1.82) is 0 Å². The van der Waals surface area contributed by atoms with Crippen LogP contribution in [-0.4, -0.2) is 51.7 Å². The van der Waals surface area contributed by atoms with Gasteiger partial charge in [-0.1, -0.05) is 19.8 Å². The fraction of sp³-hybridized carbons (Fsp3) is 0.842. The minimum Gasteiger partial charge on any atom is -0.480 e. The Balaban J connectivity index is 2.19. The van der Waals surface area contributed by atoms with Crippen molar-refractivity contribution < 1.29 is 24.2 Å². The summed E-state index contributed by atoms with van der Waals surface area (Å²) in [6, 6.07) is -1.58. The van der Waals surface area contributed by atoms with E-state index in [1.54, 1.807) is 20.8 Å². The number of hydrogen-bond acceptors (Lipinski definition) is 4. The summed E-state index contributed by atoms with van der Waals surface area (Å²) in [6.07, 6.45) is 4.87. The Kier molecular flexibility index (Phi) is 6.53. The maximum atomic E-state index is 13.1. The SMILES string of the molecule is CCCC1CCC(NC(=O)OC(C)(C)C)C(=O)N2C(CCC2C(=O)O)C1. The van der Waals surface area contributed by atoms with Crippen LogP contribution in [0.15, 0.2) is 0 Å². The van der Waals surface area contributed by atoms with Crippen molar-refractivity contribution in [3.8, 4) is 0 Å². The summed E-state index contributed by atoms with van der Waals surface area (Å²) >= 11 is 0. The highest BCUT2D eigenvalue weighted by Crippen LogP contribution is 2.35. The van der Waals surface area contributed by atoms with Gasteiger partial charge in [0.05, 0.1) is 0 Å². The normalized spacial score (nSPS) is 29.5. The molecule has 4 unspecified atom stereocenters. The number of nitrogens with one attached hydrogen (secondary N) is 1. The summed E-state index contributed by atoms with van der Waals surface area (Å²) in [5, 5.41) is 12.2. The molecule has 0 radical (unpaired) electrons. The maximum absolute atomic E-state index is 13.1. The van der Waals surface area contributed by atoms with Gasteiger partial charge in [-0.25, -0.2) is 9.59 Å². The minimum atomic E-state index is -0.968. The van der Waals surface area contributed by atoms with E-state index in [-0.39, 0.29) is 11.9 Å². The standard InChI is InChI=1S/C19H32N2O5/c1-5-6-12-7-9-14(20-18(25)26-19(2,3)4)16(22)21-13(11-12)8-10-15(21)17(23)24/h12-15H,5-11H2,1-4H3,(H,20,25)(H,23,24). The highest BCUT2D eigenvalue weighted by Gasteiger charge is 2.45. The van der Waals surface area contributed by atoms with Crippen LogP contribution in [0.4, 0.5) is 4.79 Å². The van der Waals surface area contributed by atoms with Gasteiger partial charge in [0.15, 0.2) is 0 Å². The summed E-state index contributed by atoms with van der Waals surface area (Å²) in [6.45, 7) is 7.43.